The molecule has 0 fully saturated rings. The van der Waals surface area contributed by atoms with Crippen LogP contribution in [0.4, 0.5) is 5.69 Å². The summed E-state index contributed by atoms with van der Waals surface area (Å²) in [5.74, 6) is 1.58. The number of rotatable bonds is 7. The maximum atomic E-state index is 12.9. The van der Waals surface area contributed by atoms with E-state index in [9.17, 15) is 4.79 Å². The molecule has 9 heteroatoms. The summed E-state index contributed by atoms with van der Waals surface area (Å²) in [4.78, 5) is 12.9. The van der Waals surface area contributed by atoms with Crippen LogP contribution < -0.4 is 19.5 Å². The normalized spacial score (nSPS) is 10.8. The van der Waals surface area contributed by atoms with Crippen molar-refractivity contribution in [2.24, 2.45) is 0 Å². The van der Waals surface area contributed by atoms with E-state index in [0.717, 1.165) is 16.8 Å². The summed E-state index contributed by atoms with van der Waals surface area (Å²) < 4.78 is 17.6. The van der Waals surface area contributed by atoms with Crippen molar-refractivity contribution in [2.75, 3.05) is 26.6 Å². The van der Waals surface area contributed by atoms with Crippen LogP contribution in [0.5, 0.6) is 17.2 Å². The zero-order valence-corrected chi connectivity index (χ0v) is 19.2. The van der Waals surface area contributed by atoms with E-state index in [2.05, 4.69) is 15.5 Å². The summed E-state index contributed by atoms with van der Waals surface area (Å²) >= 11 is 0. The van der Waals surface area contributed by atoms with Crippen molar-refractivity contribution in [1.82, 2.24) is 19.8 Å². The van der Waals surface area contributed by atoms with Gasteiger partial charge in [-0.25, -0.2) is 4.52 Å². The van der Waals surface area contributed by atoms with Gasteiger partial charge in [-0.2, -0.15) is 5.10 Å². The minimum Gasteiger partial charge on any atom is -0.497 e. The predicted molar refractivity (Wildman–Crippen MR) is 124 cm³/mol. The lowest BCUT2D eigenvalue weighted by atomic mass is 10.0. The quantitative estimate of drug-likeness (QED) is 0.458. The lowest BCUT2D eigenvalue weighted by Gasteiger charge is -2.10. The van der Waals surface area contributed by atoms with E-state index >= 15 is 0 Å². The molecule has 9 nitrogen and oxygen atoms in total. The fourth-order valence-corrected chi connectivity index (χ4v) is 3.66. The van der Waals surface area contributed by atoms with Crippen molar-refractivity contribution in [3.05, 3.63) is 59.5 Å². The highest BCUT2D eigenvalue weighted by molar-refractivity contribution is 6.03. The van der Waals surface area contributed by atoms with Crippen LogP contribution in [0, 0.1) is 6.92 Å². The van der Waals surface area contributed by atoms with Gasteiger partial charge in [-0.1, -0.05) is 13.0 Å². The molecule has 0 radical (unpaired) electrons. The number of aryl methyl sites for hydroxylation is 2. The number of anilines is 1. The standard InChI is InChI=1S/C24H25N5O4/c1-6-18-21(15-7-12-19(32-4)20(13-15)33-5)23-27-26-22(14(2)29(23)28-18)24(30)25-16-8-10-17(31-3)11-9-16/h7-13H,6H2,1-5H3,(H,25,30). The van der Waals surface area contributed by atoms with Gasteiger partial charge in [-0.05, 0) is 55.3 Å². The van der Waals surface area contributed by atoms with Gasteiger partial charge in [-0.15, -0.1) is 10.2 Å². The van der Waals surface area contributed by atoms with Gasteiger partial charge in [0.15, 0.2) is 22.8 Å². The van der Waals surface area contributed by atoms with Crippen molar-refractivity contribution in [3.63, 3.8) is 0 Å². The number of benzene rings is 2. The summed E-state index contributed by atoms with van der Waals surface area (Å²) in [7, 11) is 4.78. The molecule has 33 heavy (non-hydrogen) atoms. The number of amides is 1. The lowest BCUT2D eigenvalue weighted by Crippen LogP contribution is -2.18. The van der Waals surface area contributed by atoms with E-state index in [0.29, 0.717) is 40.7 Å². The fraction of sp³-hybridized carbons (Fsp3) is 0.250. The molecular weight excluding hydrogens is 422 g/mol. The number of hydrogen-bond donors (Lipinski definition) is 1. The number of ether oxygens (including phenoxy) is 3. The Morgan fingerprint density at radius 2 is 1.70 bits per heavy atom. The number of aromatic nitrogens is 4. The Morgan fingerprint density at radius 3 is 2.33 bits per heavy atom. The van der Waals surface area contributed by atoms with Crippen LogP contribution in [0.15, 0.2) is 42.5 Å². The average Bonchev–Trinajstić information content (AvgIpc) is 3.23. The zero-order valence-electron chi connectivity index (χ0n) is 19.2. The second-order valence-electron chi connectivity index (χ2n) is 7.30. The predicted octanol–water partition coefficient (Wildman–Crippen LogP) is 3.94. The highest BCUT2D eigenvalue weighted by Crippen LogP contribution is 2.35. The van der Waals surface area contributed by atoms with Crippen molar-refractivity contribution in [1.29, 1.82) is 0 Å². The van der Waals surface area contributed by atoms with E-state index in [4.69, 9.17) is 19.3 Å². The van der Waals surface area contributed by atoms with Crippen LogP contribution in [0.25, 0.3) is 16.8 Å². The Morgan fingerprint density at radius 1 is 0.970 bits per heavy atom. The van der Waals surface area contributed by atoms with Crippen molar-refractivity contribution in [3.8, 4) is 28.4 Å². The van der Waals surface area contributed by atoms with E-state index in [-0.39, 0.29) is 11.6 Å². The maximum absolute atomic E-state index is 12.9. The molecule has 1 amide bonds. The molecule has 4 aromatic rings. The Bertz CT molecular complexity index is 1310. The van der Waals surface area contributed by atoms with Crippen LogP contribution in [0.1, 0.15) is 28.8 Å². The number of carbonyl (C=O) groups excluding carboxylic acids is 1. The van der Waals surface area contributed by atoms with Gasteiger partial charge in [-0.3, -0.25) is 4.79 Å². The summed E-state index contributed by atoms with van der Waals surface area (Å²) in [5.41, 5.74) is 4.54. The molecule has 0 atom stereocenters. The van der Waals surface area contributed by atoms with Crippen LogP contribution in [-0.4, -0.2) is 47.0 Å². The van der Waals surface area contributed by atoms with Gasteiger partial charge in [0, 0.05) is 5.69 Å². The largest absolute Gasteiger partial charge is 0.497 e. The summed E-state index contributed by atoms with van der Waals surface area (Å²) in [6.07, 6.45) is 0.680. The molecule has 0 aliphatic rings. The van der Waals surface area contributed by atoms with Crippen LogP contribution in [-0.2, 0) is 6.42 Å². The van der Waals surface area contributed by atoms with Crippen molar-refractivity contribution < 1.29 is 19.0 Å². The van der Waals surface area contributed by atoms with Gasteiger partial charge in [0.1, 0.15) is 5.75 Å². The molecular formula is C24H25N5O4. The SMILES string of the molecule is CCc1nn2c(C)c(C(=O)Nc3ccc(OC)cc3)nnc2c1-c1ccc(OC)c(OC)c1. The molecule has 0 bridgehead atoms. The first-order valence-electron chi connectivity index (χ1n) is 10.4. The maximum Gasteiger partial charge on any atom is 0.278 e. The molecule has 0 unspecified atom stereocenters. The minimum absolute atomic E-state index is 0.197. The third kappa shape index (κ3) is 4.05. The molecule has 0 spiro atoms. The second-order valence-corrected chi connectivity index (χ2v) is 7.30. The first-order valence-corrected chi connectivity index (χ1v) is 10.4. The third-order valence-corrected chi connectivity index (χ3v) is 5.41. The molecule has 0 saturated carbocycles. The van der Waals surface area contributed by atoms with Crippen LogP contribution in [0.2, 0.25) is 0 Å². The molecule has 4 rings (SSSR count). The van der Waals surface area contributed by atoms with Gasteiger partial charge in [0.05, 0.1) is 38.3 Å². The lowest BCUT2D eigenvalue weighted by molar-refractivity contribution is 0.102. The van der Waals surface area contributed by atoms with E-state index < -0.39 is 0 Å². The Labute approximate surface area is 191 Å². The number of nitrogens with one attached hydrogen (secondary N) is 1. The number of nitrogens with zero attached hydrogens (tertiary/aromatic N) is 4. The number of hydrogen-bond acceptors (Lipinski definition) is 7. The average molecular weight is 447 g/mol. The van der Waals surface area contributed by atoms with Gasteiger partial charge >= 0.3 is 0 Å². The highest BCUT2D eigenvalue weighted by atomic mass is 16.5. The first-order chi connectivity index (χ1) is 16.0. The Kier molecular flexibility index (Phi) is 6.12. The Hall–Kier alpha value is -4.14. The third-order valence-electron chi connectivity index (χ3n) is 5.41. The molecule has 2 aromatic heterocycles. The molecule has 170 valence electrons. The topological polar surface area (TPSA) is 99.9 Å². The smallest absolute Gasteiger partial charge is 0.278 e. The van der Waals surface area contributed by atoms with Crippen LogP contribution in [0.3, 0.4) is 0 Å². The van der Waals surface area contributed by atoms with E-state index in [1.807, 2.05) is 25.1 Å². The number of carbonyl (C=O) groups is 1. The van der Waals surface area contributed by atoms with Gasteiger partial charge in [0.25, 0.3) is 5.91 Å². The number of fused-ring (bicyclic) bond motifs is 1. The molecule has 2 aromatic carbocycles. The fourth-order valence-electron chi connectivity index (χ4n) is 3.66. The summed E-state index contributed by atoms with van der Waals surface area (Å²) in [6, 6.07) is 12.7. The summed E-state index contributed by atoms with van der Waals surface area (Å²) in [5, 5.41) is 16.2. The summed E-state index contributed by atoms with van der Waals surface area (Å²) in [6.45, 7) is 3.82. The van der Waals surface area contributed by atoms with Gasteiger partial charge < -0.3 is 19.5 Å². The molecule has 1 N–H and O–H groups in total. The van der Waals surface area contributed by atoms with Crippen molar-refractivity contribution in [2.45, 2.75) is 20.3 Å². The van der Waals surface area contributed by atoms with Gasteiger partial charge in [0.2, 0.25) is 0 Å². The first kappa shape index (κ1) is 22.1. The van der Waals surface area contributed by atoms with Crippen LogP contribution >= 0.6 is 0 Å². The monoisotopic (exact) mass is 447 g/mol. The number of methoxy groups -OCH3 is 3. The Balaban J connectivity index is 1.75. The van der Waals surface area contributed by atoms with Crippen molar-refractivity contribution >= 4 is 17.2 Å². The molecule has 0 aliphatic carbocycles. The minimum atomic E-state index is -0.367. The molecule has 0 saturated heterocycles. The highest BCUT2D eigenvalue weighted by Gasteiger charge is 2.22. The zero-order chi connectivity index (χ0) is 23.5. The van der Waals surface area contributed by atoms with E-state index in [1.54, 1.807) is 57.0 Å². The van der Waals surface area contributed by atoms with E-state index in [1.165, 1.54) is 0 Å². The molecule has 2 heterocycles. The second kappa shape index (κ2) is 9.15. The molecule has 0 aliphatic heterocycles.